The van der Waals surface area contributed by atoms with E-state index in [2.05, 4.69) is 0 Å². The van der Waals surface area contributed by atoms with E-state index in [1.165, 1.54) is 18.2 Å². The van der Waals surface area contributed by atoms with Crippen molar-refractivity contribution in [2.24, 2.45) is 0 Å². The molecule has 7 heteroatoms. The van der Waals surface area contributed by atoms with Gasteiger partial charge in [0.1, 0.15) is 13.2 Å². The zero-order valence-corrected chi connectivity index (χ0v) is 9.53. The number of carboxylic acids is 1. The molecule has 6 nitrogen and oxygen atoms in total. The van der Waals surface area contributed by atoms with Gasteiger partial charge in [-0.1, -0.05) is 0 Å². The van der Waals surface area contributed by atoms with Crippen LogP contribution in [0.15, 0.2) is 23.1 Å². The zero-order chi connectivity index (χ0) is 12.5. The molecule has 0 atom stereocenters. The zero-order valence-electron chi connectivity index (χ0n) is 8.71. The number of sulfone groups is 1. The lowest BCUT2D eigenvalue weighted by molar-refractivity contribution is -0.301. The maximum Gasteiger partial charge on any atom is 0.183 e. The summed E-state index contributed by atoms with van der Waals surface area (Å²) in [6.07, 6.45) is 0. The molecule has 1 aromatic rings. The van der Waals surface area contributed by atoms with Gasteiger partial charge in [-0.25, -0.2) is 8.42 Å². The first-order chi connectivity index (χ1) is 7.99. The second kappa shape index (κ2) is 4.25. The van der Waals surface area contributed by atoms with E-state index in [1.54, 1.807) is 0 Å². The van der Waals surface area contributed by atoms with Crippen LogP contribution in [-0.2, 0) is 14.6 Å². The topological polar surface area (TPSA) is 92.7 Å². The first-order valence-corrected chi connectivity index (χ1v) is 6.46. The average molecular weight is 257 g/mol. The molecule has 0 saturated heterocycles. The fraction of sp³-hybridized carbons (Fsp3) is 0.300. The Labute approximate surface area is 97.7 Å². The second-order valence-corrected chi connectivity index (χ2v) is 5.43. The Morgan fingerprint density at radius 3 is 2.53 bits per heavy atom. The van der Waals surface area contributed by atoms with Crippen LogP contribution in [0.3, 0.4) is 0 Å². The minimum Gasteiger partial charge on any atom is -0.549 e. The van der Waals surface area contributed by atoms with Gasteiger partial charge in [0, 0.05) is 6.07 Å². The van der Waals surface area contributed by atoms with Crippen molar-refractivity contribution in [2.45, 2.75) is 4.90 Å². The molecule has 0 unspecified atom stereocenters. The molecule has 0 radical (unpaired) electrons. The summed E-state index contributed by atoms with van der Waals surface area (Å²) in [5.41, 5.74) is 0. The third-order valence-electron chi connectivity index (χ3n) is 2.18. The molecule has 0 saturated carbocycles. The van der Waals surface area contributed by atoms with Crippen LogP contribution in [0.4, 0.5) is 0 Å². The molecule has 0 bridgehead atoms. The summed E-state index contributed by atoms with van der Waals surface area (Å²) in [5, 5.41) is 10.3. The van der Waals surface area contributed by atoms with Gasteiger partial charge in [0.2, 0.25) is 0 Å². The molecule has 0 aromatic heterocycles. The lowest BCUT2D eigenvalue weighted by Gasteiger charge is -2.18. The van der Waals surface area contributed by atoms with E-state index in [-0.39, 0.29) is 4.90 Å². The van der Waals surface area contributed by atoms with Gasteiger partial charge in [-0.3, -0.25) is 0 Å². The highest BCUT2D eigenvalue weighted by molar-refractivity contribution is 7.92. The van der Waals surface area contributed by atoms with E-state index in [0.29, 0.717) is 24.7 Å². The molecule has 1 heterocycles. The van der Waals surface area contributed by atoms with E-state index in [9.17, 15) is 18.3 Å². The number of ether oxygens (including phenoxy) is 2. The molecule has 0 aliphatic carbocycles. The molecule has 0 N–H and O–H groups in total. The summed E-state index contributed by atoms with van der Waals surface area (Å²) >= 11 is 0. The van der Waals surface area contributed by atoms with Gasteiger partial charge in [0.15, 0.2) is 21.3 Å². The van der Waals surface area contributed by atoms with Crippen LogP contribution >= 0.6 is 0 Å². The van der Waals surface area contributed by atoms with Crippen molar-refractivity contribution >= 4 is 15.8 Å². The van der Waals surface area contributed by atoms with Crippen LogP contribution in [-0.4, -0.2) is 33.4 Å². The van der Waals surface area contributed by atoms with Crippen LogP contribution in [0.1, 0.15) is 0 Å². The summed E-state index contributed by atoms with van der Waals surface area (Å²) in [4.78, 5) is 10.2. The van der Waals surface area contributed by atoms with Crippen molar-refractivity contribution in [1.82, 2.24) is 0 Å². The van der Waals surface area contributed by atoms with Crippen molar-refractivity contribution in [1.29, 1.82) is 0 Å². The van der Waals surface area contributed by atoms with Gasteiger partial charge >= 0.3 is 0 Å². The lowest BCUT2D eigenvalue weighted by atomic mass is 10.3. The summed E-state index contributed by atoms with van der Waals surface area (Å²) in [6, 6.07) is 3.98. The molecule has 1 aliphatic rings. The standard InChI is InChI=1S/C10H10O6S/c11-10(12)6-17(13,14)7-1-2-8-9(5-7)16-4-3-15-8/h1-2,5H,3-4,6H2,(H,11,12)/p-1. The third-order valence-corrected chi connectivity index (χ3v) is 3.77. The van der Waals surface area contributed by atoms with Crippen molar-refractivity contribution in [3.05, 3.63) is 18.2 Å². The number of carbonyl (C=O) groups is 1. The number of carbonyl (C=O) groups excluding carboxylic acids is 1. The van der Waals surface area contributed by atoms with Gasteiger partial charge in [-0.05, 0) is 12.1 Å². The quantitative estimate of drug-likeness (QED) is 0.688. The number of carboxylic acid groups (broad SMARTS) is 1. The Morgan fingerprint density at radius 1 is 1.24 bits per heavy atom. The highest BCUT2D eigenvalue weighted by Crippen LogP contribution is 2.32. The smallest absolute Gasteiger partial charge is 0.183 e. The molecule has 2 rings (SSSR count). The first-order valence-electron chi connectivity index (χ1n) is 4.81. The molecule has 92 valence electrons. The van der Waals surface area contributed by atoms with Gasteiger partial charge < -0.3 is 19.4 Å². The monoisotopic (exact) mass is 257 g/mol. The minimum absolute atomic E-state index is 0.119. The summed E-state index contributed by atoms with van der Waals surface area (Å²) in [6.45, 7) is 0.731. The van der Waals surface area contributed by atoms with E-state index < -0.39 is 21.6 Å². The number of rotatable bonds is 3. The SMILES string of the molecule is O=C([O-])CS(=O)(=O)c1ccc2c(c1)OCCO2. The molecule has 1 aliphatic heterocycles. The van der Waals surface area contributed by atoms with E-state index in [0.717, 1.165) is 0 Å². The highest BCUT2D eigenvalue weighted by atomic mass is 32.2. The van der Waals surface area contributed by atoms with Crippen molar-refractivity contribution in [2.75, 3.05) is 19.0 Å². The predicted octanol–water partition coefficient (Wildman–Crippen LogP) is -1.02. The largest absolute Gasteiger partial charge is 0.549 e. The van der Waals surface area contributed by atoms with Crippen LogP contribution in [0, 0.1) is 0 Å². The Balaban J connectivity index is 2.37. The third kappa shape index (κ3) is 2.50. The van der Waals surface area contributed by atoms with Crippen molar-refractivity contribution in [3.63, 3.8) is 0 Å². The number of hydrogen-bond donors (Lipinski definition) is 0. The molecular formula is C10H9O6S-. The molecule has 17 heavy (non-hydrogen) atoms. The predicted molar refractivity (Wildman–Crippen MR) is 54.5 cm³/mol. The Bertz CT molecular complexity index is 548. The lowest BCUT2D eigenvalue weighted by Crippen LogP contribution is -2.30. The fourth-order valence-corrected chi connectivity index (χ4v) is 2.49. The number of benzene rings is 1. The summed E-state index contributed by atoms with van der Waals surface area (Å²) in [7, 11) is -3.89. The van der Waals surface area contributed by atoms with E-state index in [1.807, 2.05) is 0 Å². The highest BCUT2D eigenvalue weighted by Gasteiger charge is 2.19. The maximum absolute atomic E-state index is 11.6. The Hall–Kier alpha value is -1.76. The van der Waals surface area contributed by atoms with Crippen molar-refractivity contribution in [3.8, 4) is 11.5 Å². The molecule has 0 spiro atoms. The van der Waals surface area contributed by atoms with Crippen LogP contribution in [0.2, 0.25) is 0 Å². The Kier molecular flexibility index (Phi) is 2.93. The summed E-state index contributed by atoms with van der Waals surface area (Å²) in [5.74, 6) is -1.94. The van der Waals surface area contributed by atoms with E-state index >= 15 is 0 Å². The average Bonchev–Trinajstić information content (AvgIpc) is 2.26. The molecular weight excluding hydrogens is 248 g/mol. The van der Waals surface area contributed by atoms with Gasteiger partial charge in [0.25, 0.3) is 0 Å². The Morgan fingerprint density at radius 2 is 1.88 bits per heavy atom. The number of fused-ring (bicyclic) bond motifs is 1. The van der Waals surface area contributed by atoms with Gasteiger partial charge in [-0.2, -0.15) is 0 Å². The maximum atomic E-state index is 11.6. The van der Waals surface area contributed by atoms with Gasteiger partial charge in [-0.15, -0.1) is 0 Å². The van der Waals surface area contributed by atoms with Crippen molar-refractivity contribution < 1.29 is 27.8 Å². The van der Waals surface area contributed by atoms with Crippen LogP contribution < -0.4 is 14.6 Å². The van der Waals surface area contributed by atoms with Crippen LogP contribution in [0.5, 0.6) is 11.5 Å². The summed E-state index contributed by atoms with van der Waals surface area (Å²) < 4.78 is 33.7. The fourth-order valence-electron chi connectivity index (χ4n) is 1.46. The molecule has 1 aromatic carbocycles. The first kappa shape index (κ1) is 11.7. The number of hydrogen-bond acceptors (Lipinski definition) is 6. The molecule has 0 amide bonds. The number of aliphatic carboxylic acids is 1. The van der Waals surface area contributed by atoms with E-state index in [4.69, 9.17) is 9.47 Å². The second-order valence-electron chi connectivity index (χ2n) is 3.44. The normalized spacial score (nSPS) is 14.4. The van der Waals surface area contributed by atoms with Gasteiger partial charge in [0.05, 0.1) is 16.6 Å². The minimum atomic E-state index is -3.89. The van der Waals surface area contributed by atoms with Crippen LogP contribution in [0.25, 0.3) is 0 Å². The molecule has 0 fully saturated rings.